The van der Waals surface area contributed by atoms with E-state index in [1.807, 2.05) is 12.1 Å². The molecule has 6 N–H and O–H groups in total. The molecule has 1 atom stereocenters. The zero-order valence-corrected chi connectivity index (χ0v) is 27.3. The molecule has 3 aromatic carbocycles. The molecule has 248 valence electrons. The van der Waals surface area contributed by atoms with Crippen LogP contribution in [0.25, 0.3) is 22.5 Å². The van der Waals surface area contributed by atoms with E-state index >= 15 is 0 Å². The summed E-state index contributed by atoms with van der Waals surface area (Å²) in [4.78, 5) is 29.6. The Labute approximate surface area is 281 Å². The lowest BCUT2D eigenvalue weighted by Gasteiger charge is -2.28. The average Bonchev–Trinajstić information content (AvgIpc) is 3.65. The number of nitrogens with two attached hydrogens (primary N) is 1. The quantitative estimate of drug-likeness (QED) is 0.163. The number of halogens is 1. The molecule has 0 spiro atoms. The Morgan fingerprint density at radius 2 is 1.62 bits per heavy atom. The number of hydrogen-bond acceptors (Lipinski definition) is 8. The first-order chi connectivity index (χ1) is 22.6. The number of nitrogens with zero attached hydrogens (tertiary/aromatic N) is 4. The Bertz CT molecular complexity index is 1570. The van der Waals surface area contributed by atoms with E-state index in [9.17, 15) is 9.59 Å². The number of tetrazole rings is 1. The molecule has 47 heavy (non-hydrogen) atoms. The van der Waals surface area contributed by atoms with E-state index in [0.717, 1.165) is 75.1 Å². The smallest absolute Gasteiger partial charge is 0.247 e. The van der Waals surface area contributed by atoms with Crippen molar-refractivity contribution in [2.45, 2.75) is 44.7 Å². The first-order valence-electron chi connectivity index (χ1n) is 16.3. The Morgan fingerprint density at radius 1 is 0.915 bits per heavy atom. The van der Waals surface area contributed by atoms with Crippen molar-refractivity contribution in [3.63, 3.8) is 0 Å². The number of aromatic nitrogens is 4. The van der Waals surface area contributed by atoms with Gasteiger partial charge in [-0.2, -0.15) is 0 Å². The molecular weight excluding hydrogens is 614 g/mol. The summed E-state index contributed by atoms with van der Waals surface area (Å²) in [6.45, 7) is 5.68. The Balaban J connectivity index is 0.00000433. The van der Waals surface area contributed by atoms with Gasteiger partial charge in [-0.1, -0.05) is 48.5 Å². The number of hydrogen-bond donors (Lipinski definition) is 5. The Kier molecular flexibility index (Phi) is 12.1. The summed E-state index contributed by atoms with van der Waals surface area (Å²) in [6, 6.07) is 23.5. The molecule has 0 bridgehead atoms. The zero-order valence-electron chi connectivity index (χ0n) is 26.5. The summed E-state index contributed by atoms with van der Waals surface area (Å²) in [6.07, 6.45) is 3.84. The van der Waals surface area contributed by atoms with Gasteiger partial charge in [0.1, 0.15) is 6.04 Å². The number of H-pyrrole nitrogens is 1. The predicted octanol–water partition coefficient (Wildman–Crippen LogP) is 3.79. The molecule has 6 rings (SSSR count). The van der Waals surface area contributed by atoms with Gasteiger partial charge in [-0.05, 0) is 95.1 Å². The highest BCUT2D eigenvalue weighted by atomic mass is 35.5. The van der Waals surface area contributed by atoms with E-state index in [-0.39, 0.29) is 30.1 Å². The molecule has 1 aliphatic heterocycles. The maximum absolute atomic E-state index is 13.7. The standard InChI is InChI=1S/C35H43N9O2.ClH/c36-22-25-7-11-28(12-8-25)34(45)39-32(35(46)38-30-15-13-27(14-16-30)33-40-42-43-41-33)21-24-5-9-26(10-6-24)31-4-2-1-3-29(31)23-44-19-17-37-18-20-44;/h1-6,9-10,13-16,25,28,32,37H,7-8,11-12,17-23,36H2,(H,38,46)(H,39,45)(H,40,41,42,43);1H/t25-,28-,32-;/m0./s1. The Hall–Kier alpha value is -4.16. The second kappa shape index (κ2) is 16.6. The third kappa shape index (κ3) is 9.01. The molecule has 1 aromatic heterocycles. The van der Waals surface area contributed by atoms with Gasteiger partial charge >= 0.3 is 0 Å². The van der Waals surface area contributed by atoms with E-state index in [0.29, 0.717) is 30.4 Å². The zero-order chi connectivity index (χ0) is 31.7. The van der Waals surface area contributed by atoms with E-state index in [1.54, 1.807) is 12.1 Å². The van der Waals surface area contributed by atoms with Gasteiger partial charge < -0.3 is 21.7 Å². The highest BCUT2D eigenvalue weighted by molar-refractivity contribution is 5.97. The number of amides is 2. The summed E-state index contributed by atoms with van der Waals surface area (Å²) in [5.74, 6) is 0.579. The van der Waals surface area contributed by atoms with E-state index in [4.69, 9.17) is 5.73 Å². The molecule has 4 aromatic rings. The molecule has 1 aliphatic carbocycles. The molecular formula is C35H44ClN9O2. The largest absolute Gasteiger partial charge is 0.344 e. The number of carbonyl (C=O) groups is 2. The maximum Gasteiger partial charge on any atom is 0.247 e. The number of aromatic amines is 1. The molecule has 2 aliphatic rings. The van der Waals surface area contributed by atoms with Crippen molar-refractivity contribution >= 4 is 29.9 Å². The van der Waals surface area contributed by atoms with Crippen molar-refractivity contribution in [3.8, 4) is 22.5 Å². The normalized spacial score (nSPS) is 18.9. The summed E-state index contributed by atoms with van der Waals surface area (Å²) in [5.41, 5.74) is 11.9. The lowest BCUT2D eigenvalue weighted by Crippen LogP contribution is -2.48. The topological polar surface area (TPSA) is 154 Å². The second-order valence-electron chi connectivity index (χ2n) is 12.4. The number of benzene rings is 3. The number of nitrogens with one attached hydrogen (secondary N) is 4. The van der Waals surface area contributed by atoms with Crippen molar-refractivity contribution in [1.29, 1.82) is 0 Å². The van der Waals surface area contributed by atoms with Crippen LogP contribution in [0.2, 0.25) is 0 Å². The SMILES string of the molecule is Cl.NC[C@H]1CC[C@H](C(=O)N[C@@H](Cc2ccc(-c3ccccc3CN3CCNCC3)cc2)C(=O)Nc2ccc(-c3nnn[nH]3)cc2)CC1. The summed E-state index contributed by atoms with van der Waals surface area (Å²) < 4.78 is 0. The molecule has 11 nitrogen and oxygen atoms in total. The summed E-state index contributed by atoms with van der Waals surface area (Å²) in [7, 11) is 0. The van der Waals surface area contributed by atoms with Crippen LogP contribution < -0.4 is 21.7 Å². The van der Waals surface area contributed by atoms with Crippen molar-refractivity contribution < 1.29 is 9.59 Å². The van der Waals surface area contributed by atoms with Crippen molar-refractivity contribution in [2.24, 2.45) is 17.6 Å². The predicted molar refractivity (Wildman–Crippen MR) is 186 cm³/mol. The van der Waals surface area contributed by atoms with Crippen LogP contribution in [0.3, 0.4) is 0 Å². The van der Waals surface area contributed by atoms with Crippen LogP contribution in [0.15, 0.2) is 72.8 Å². The highest BCUT2D eigenvalue weighted by Gasteiger charge is 2.29. The van der Waals surface area contributed by atoms with Crippen LogP contribution in [-0.2, 0) is 22.6 Å². The first kappa shape index (κ1) is 34.2. The third-order valence-electron chi connectivity index (χ3n) is 9.28. The lowest BCUT2D eigenvalue weighted by atomic mass is 9.81. The maximum atomic E-state index is 13.7. The Morgan fingerprint density at radius 3 is 2.30 bits per heavy atom. The minimum Gasteiger partial charge on any atom is -0.344 e. The van der Waals surface area contributed by atoms with Gasteiger partial charge in [0.05, 0.1) is 0 Å². The number of anilines is 1. The van der Waals surface area contributed by atoms with Gasteiger partial charge in [0.25, 0.3) is 0 Å². The van der Waals surface area contributed by atoms with E-state index in [1.165, 1.54) is 11.1 Å². The minimum atomic E-state index is -0.733. The fourth-order valence-electron chi connectivity index (χ4n) is 6.49. The van der Waals surface area contributed by atoms with E-state index in [2.05, 4.69) is 90.0 Å². The van der Waals surface area contributed by atoms with E-state index < -0.39 is 6.04 Å². The summed E-state index contributed by atoms with van der Waals surface area (Å²) >= 11 is 0. The van der Waals surface area contributed by atoms with Gasteiger partial charge in [-0.3, -0.25) is 14.5 Å². The van der Waals surface area contributed by atoms with Crippen LogP contribution in [-0.4, -0.2) is 76.1 Å². The van der Waals surface area contributed by atoms with Crippen LogP contribution in [0.5, 0.6) is 0 Å². The third-order valence-corrected chi connectivity index (χ3v) is 9.28. The molecule has 12 heteroatoms. The van der Waals surface area contributed by atoms with Crippen LogP contribution >= 0.6 is 12.4 Å². The fourth-order valence-corrected chi connectivity index (χ4v) is 6.49. The van der Waals surface area contributed by atoms with Crippen molar-refractivity contribution in [2.75, 3.05) is 38.0 Å². The molecule has 1 saturated carbocycles. The van der Waals surface area contributed by atoms with Gasteiger partial charge in [-0.25, -0.2) is 5.10 Å². The van der Waals surface area contributed by atoms with Crippen molar-refractivity contribution in [3.05, 3.63) is 83.9 Å². The second-order valence-corrected chi connectivity index (χ2v) is 12.4. The molecule has 1 saturated heterocycles. The summed E-state index contributed by atoms with van der Waals surface area (Å²) in [5, 5.41) is 23.4. The van der Waals surface area contributed by atoms with Gasteiger partial charge in [0.15, 0.2) is 5.82 Å². The van der Waals surface area contributed by atoms with Crippen LogP contribution in [0, 0.1) is 11.8 Å². The lowest BCUT2D eigenvalue weighted by molar-refractivity contribution is -0.130. The molecule has 2 fully saturated rings. The molecule has 2 heterocycles. The van der Waals surface area contributed by atoms with Gasteiger partial charge in [0, 0.05) is 56.3 Å². The van der Waals surface area contributed by atoms with Crippen molar-refractivity contribution in [1.82, 2.24) is 36.2 Å². The fraction of sp³-hybridized carbons (Fsp3) is 0.400. The van der Waals surface area contributed by atoms with Crippen LogP contribution in [0.4, 0.5) is 5.69 Å². The van der Waals surface area contributed by atoms with Gasteiger partial charge in [-0.15, -0.1) is 17.5 Å². The van der Waals surface area contributed by atoms with Crippen LogP contribution in [0.1, 0.15) is 36.8 Å². The monoisotopic (exact) mass is 657 g/mol. The molecule has 0 unspecified atom stereocenters. The van der Waals surface area contributed by atoms with Gasteiger partial charge in [0.2, 0.25) is 11.8 Å². The molecule has 0 radical (unpaired) electrons. The average molecular weight is 658 g/mol. The number of carbonyl (C=O) groups excluding carboxylic acids is 2. The number of rotatable bonds is 11. The minimum absolute atomic E-state index is 0. The number of piperazine rings is 1. The highest BCUT2D eigenvalue weighted by Crippen LogP contribution is 2.29. The molecule has 2 amide bonds. The first-order valence-corrected chi connectivity index (χ1v) is 16.3.